The van der Waals surface area contributed by atoms with Crippen LogP contribution in [0.1, 0.15) is 16.1 Å². The number of imidazole rings is 1. The summed E-state index contributed by atoms with van der Waals surface area (Å²) in [5, 5.41) is 0.687. The van der Waals surface area contributed by atoms with E-state index in [1.807, 2.05) is 64.0 Å². The van der Waals surface area contributed by atoms with Crippen molar-refractivity contribution in [3.8, 4) is 17.0 Å². The van der Waals surface area contributed by atoms with E-state index in [1.165, 1.54) is 0 Å². The number of rotatable bonds is 5. The number of halogens is 1. The van der Waals surface area contributed by atoms with Gasteiger partial charge < -0.3 is 14.4 Å². The van der Waals surface area contributed by atoms with Crippen LogP contribution in [-0.4, -0.2) is 75.6 Å². The zero-order valence-electron chi connectivity index (χ0n) is 19.9. The number of methoxy groups -OCH3 is 1. The van der Waals surface area contributed by atoms with E-state index >= 15 is 0 Å². The van der Waals surface area contributed by atoms with Gasteiger partial charge in [0, 0.05) is 48.2 Å². The third kappa shape index (κ3) is 4.21. The molecule has 8 nitrogen and oxygen atoms in total. The third-order valence-corrected chi connectivity index (χ3v) is 7.14. The highest BCUT2D eigenvalue weighted by Gasteiger charge is 2.41. The van der Waals surface area contributed by atoms with Crippen LogP contribution in [-0.2, 0) is 11.3 Å². The van der Waals surface area contributed by atoms with Gasteiger partial charge in [-0.1, -0.05) is 29.8 Å². The number of nitrogens with zero attached hydrogens (tertiary/aromatic N) is 5. The molecule has 4 aromatic rings. The standard InChI is InChI=1S/C27H26ClN5O3/c1-35-23-5-2-4-19(12-23)26(34)33-21-13-31(14-22(33)17-36-16-21)15-24-25(18-6-8-20(28)9-7-18)30-27-29-10-3-11-32(24)27/h2-12,21-22H,13-17H2,1H3. The summed E-state index contributed by atoms with van der Waals surface area (Å²) in [6.45, 7) is 3.13. The van der Waals surface area contributed by atoms with E-state index in [9.17, 15) is 4.79 Å². The molecule has 1 amide bonds. The first-order valence-electron chi connectivity index (χ1n) is 12.0. The highest BCUT2D eigenvalue weighted by Crippen LogP contribution is 2.30. The van der Waals surface area contributed by atoms with Gasteiger partial charge in [0.1, 0.15) is 5.75 Å². The molecule has 0 aliphatic carbocycles. The first kappa shape index (κ1) is 23.0. The molecule has 0 radical (unpaired) electrons. The van der Waals surface area contributed by atoms with Crippen molar-refractivity contribution in [1.82, 2.24) is 24.2 Å². The van der Waals surface area contributed by atoms with Crippen LogP contribution >= 0.6 is 11.6 Å². The van der Waals surface area contributed by atoms with Crippen LogP contribution in [0.4, 0.5) is 0 Å². The fraction of sp³-hybridized carbons (Fsp3) is 0.296. The van der Waals surface area contributed by atoms with Gasteiger partial charge in [0.05, 0.1) is 43.8 Å². The second kappa shape index (κ2) is 9.54. The fourth-order valence-electron chi connectivity index (χ4n) is 5.25. The molecule has 2 bridgehead atoms. The summed E-state index contributed by atoms with van der Waals surface area (Å²) >= 11 is 6.13. The lowest BCUT2D eigenvalue weighted by molar-refractivity contribution is -0.0816. The highest BCUT2D eigenvalue weighted by molar-refractivity contribution is 6.30. The topological polar surface area (TPSA) is 72.2 Å². The molecule has 0 saturated carbocycles. The first-order chi connectivity index (χ1) is 17.6. The number of fused-ring (bicyclic) bond motifs is 3. The summed E-state index contributed by atoms with van der Waals surface area (Å²) in [6, 6.07) is 16.9. The summed E-state index contributed by atoms with van der Waals surface area (Å²) in [4.78, 5) is 27.2. The molecule has 9 heteroatoms. The normalized spacial score (nSPS) is 20.0. The largest absolute Gasteiger partial charge is 0.497 e. The number of carbonyl (C=O) groups is 1. The molecule has 184 valence electrons. The number of carbonyl (C=O) groups excluding carboxylic acids is 1. The summed E-state index contributed by atoms with van der Waals surface area (Å²) in [5.74, 6) is 1.36. The SMILES string of the molecule is COc1cccc(C(=O)N2C3COCC2CN(Cc2c(-c4ccc(Cl)cc4)nc4ncccn24)C3)c1. The van der Waals surface area contributed by atoms with Gasteiger partial charge in [0.15, 0.2) is 0 Å². The molecule has 6 rings (SSSR count). The van der Waals surface area contributed by atoms with E-state index in [2.05, 4.69) is 9.88 Å². The fourth-order valence-corrected chi connectivity index (χ4v) is 5.38. The van der Waals surface area contributed by atoms with E-state index in [0.29, 0.717) is 55.0 Å². The van der Waals surface area contributed by atoms with Crippen molar-refractivity contribution in [2.24, 2.45) is 0 Å². The van der Waals surface area contributed by atoms with E-state index in [1.54, 1.807) is 19.4 Å². The molecule has 2 aliphatic rings. The summed E-state index contributed by atoms with van der Waals surface area (Å²) in [6.07, 6.45) is 3.75. The van der Waals surface area contributed by atoms with Crippen LogP contribution in [0, 0.1) is 0 Å². The smallest absolute Gasteiger partial charge is 0.254 e. The molecule has 2 fully saturated rings. The Morgan fingerprint density at radius 2 is 1.89 bits per heavy atom. The number of hydrogen-bond acceptors (Lipinski definition) is 6. The van der Waals surface area contributed by atoms with Crippen LogP contribution < -0.4 is 4.74 Å². The number of hydrogen-bond donors (Lipinski definition) is 0. The Hall–Kier alpha value is -3.46. The molecule has 2 aromatic heterocycles. The van der Waals surface area contributed by atoms with Gasteiger partial charge >= 0.3 is 0 Å². The second-order valence-corrected chi connectivity index (χ2v) is 9.62. The lowest BCUT2D eigenvalue weighted by Crippen LogP contribution is -2.65. The third-order valence-electron chi connectivity index (χ3n) is 6.89. The van der Waals surface area contributed by atoms with E-state index in [0.717, 1.165) is 17.0 Å². The predicted molar refractivity (Wildman–Crippen MR) is 136 cm³/mol. The van der Waals surface area contributed by atoms with Crippen LogP contribution in [0.25, 0.3) is 17.0 Å². The molecule has 2 aromatic carbocycles. The average Bonchev–Trinajstić information content (AvgIpc) is 3.26. The number of ether oxygens (including phenoxy) is 2. The van der Waals surface area contributed by atoms with E-state index in [4.69, 9.17) is 26.1 Å². The molecular formula is C27H26ClN5O3. The quantitative estimate of drug-likeness (QED) is 0.413. The zero-order chi connectivity index (χ0) is 24.6. The van der Waals surface area contributed by atoms with Crippen molar-refractivity contribution in [1.29, 1.82) is 0 Å². The molecule has 36 heavy (non-hydrogen) atoms. The van der Waals surface area contributed by atoms with Crippen LogP contribution in [0.2, 0.25) is 5.02 Å². The predicted octanol–water partition coefficient (Wildman–Crippen LogP) is 3.78. The number of piperazine rings is 1. The van der Waals surface area contributed by atoms with Crippen molar-refractivity contribution in [2.45, 2.75) is 18.6 Å². The Kier molecular flexibility index (Phi) is 6.08. The van der Waals surface area contributed by atoms with Gasteiger partial charge in [0.2, 0.25) is 5.78 Å². The minimum Gasteiger partial charge on any atom is -0.497 e. The summed E-state index contributed by atoms with van der Waals surface area (Å²) < 4.78 is 13.2. The monoisotopic (exact) mass is 503 g/mol. The highest BCUT2D eigenvalue weighted by atomic mass is 35.5. The van der Waals surface area contributed by atoms with Gasteiger partial charge in [-0.3, -0.25) is 14.1 Å². The number of benzene rings is 2. The zero-order valence-corrected chi connectivity index (χ0v) is 20.6. The lowest BCUT2D eigenvalue weighted by Gasteiger charge is -2.49. The average molecular weight is 504 g/mol. The number of amides is 1. The van der Waals surface area contributed by atoms with Crippen molar-refractivity contribution in [3.05, 3.63) is 83.3 Å². The van der Waals surface area contributed by atoms with E-state index in [-0.39, 0.29) is 18.0 Å². The molecule has 2 atom stereocenters. The minimum absolute atomic E-state index is 0.0210. The molecule has 2 saturated heterocycles. The van der Waals surface area contributed by atoms with Gasteiger partial charge in [-0.2, -0.15) is 0 Å². The minimum atomic E-state index is -0.0347. The molecule has 4 heterocycles. The van der Waals surface area contributed by atoms with Gasteiger partial charge in [-0.25, -0.2) is 9.97 Å². The maximum absolute atomic E-state index is 13.5. The van der Waals surface area contributed by atoms with Crippen molar-refractivity contribution >= 4 is 23.3 Å². The maximum Gasteiger partial charge on any atom is 0.254 e. The Balaban J connectivity index is 1.29. The Morgan fingerprint density at radius 3 is 2.64 bits per heavy atom. The van der Waals surface area contributed by atoms with E-state index < -0.39 is 0 Å². The molecule has 2 aliphatic heterocycles. The van der Waals surface area contributed by atoms with Gasteiger partial charge in [-0.15, -0.1) is 0 Å². The van der Waals surface area contributed by atoms with Crippen LogP contribution in [0.5, 0.6) is 5.75 Å². The Labute approximate surface area is 214 Å². The van der Waals surface area contributed by atoms with Gasteiger partial charge in [-0.05, 0) is 36.4 Å². The number of aromatic nitrogens is 3. The van der Waals surface area contributed by atoms with Crippen molar-refractivity contribution in [2.75, 3.05) is 33.4 Å². The van der Waals surface area contributed by atoms with Crippen molar-refractivity contribution in [3.63, 3.8) is 0 Å². The summed E-state index contributed by atoms with van der Waals surface area (Å²) in [5.41, 5.74) is 3.58. The molecular weight excluding hydrogens is 478 g/mol. The Bertz CT molecular complexity index is 1390. The van der Waals surface area contributed by atoms with Crippen molar-refractivity contribution < 1.29 is 14.3 Å². The lowest BCUT2D eigenvalue weighted by atomic mass is 10.0. The van der Waals surface area contributed by atoms with Crippen LogP contribution in [0.3, 0.4) is 0 Å². The maximum atomic E-state index is 13.5. The first-order valence-corrected chi connectivity index (χ1v) is 12.3. The molecule has 0 spiro atoms. The van der Waals surface area contributed by atoms with Crippen LogP contribution in [0.15, 0.2) is 67.0 Å². The molecule has 0 N–H and O–H groups in total. The Morgan fingerprint density at radius 1 is 1.11 bits per heavy atom. The summed E-state index contributed by atoms with van der Waals surface area (Å²) in [7, 11) is 1.61. The second-order valence-electron chi connectivity index (χ2n) is 9.19. The van der Waals surface area contributed by atoms with Gasteiger partial charge in [0.25, 0.3) is 5.91 Å². The number of morpholine rings is 1. The molecule has 2 unspecified atom stereocenters.